The minimum atomic E-state index is -0.228. The molecule has 3 heterocycles. The fraction of sp³-hybridized carbons (Fsp3) is 0.381. The quantitative estimate of drug-likeness (QED) is 0.669. The van der Waals surface area contributed by atoms with E-state index in [0.29, 0.717) is 17.3 Å². The van der Waals surface area contributed by atoms with Crippen molar-refractivity contribution in [3.05, 3.63) is 53.6 Å². The molecule has 1 aliphatic heterocycles. The lowest BCUT2D eigenvalue weighted by Gasteiger charge is -2.26. The Morgan fingerprint density at radius 3 is 2.60 bits per heavy atom. The molecule has 0 unspecified atom stereocenters. The van der Waals surface area contributed by atoms with Crippen molar-refractivity contribution >= 4 is 11.9 Å². The molecule has 0 bridgehead atoms. The first-order chi connectivity index (χ1) is 14.7. The molecule has 0 aliphatic carbocycles. The van der Waals surface area contributed by atoms with Gasteiger partial charge in [-0.15, -0.1) is 0 Å². The lowest BCUT2D eigenvalue weighted by Crippen LogP contribution is -2.32. The number of amides is 1. The van der Waals surface area contributed by atoms with Crippen molar-refractivity contribution in [2.75, 3.05) is 25.1 Å². The SMILES string of the molecule is COc1nc(CNC(=O)c2cnn(-c3ccccc3)c2C)nc(N2CCCCC2)n1. The fourth-order valence-electron chi connectivity index (χ4n) is 3.51. The normalized spacial score (nSPS) is 13.9. The van der Waals surface area contributed by atoms with Gasteiger partial charge in [-0.1, -0.05) is 18.2 Å². The topological polar surface area (TPSA) is 98.1 Å². The van der Waals surface area contributed by atoms with Gasteiger partial charge in [0.15, 0.2) is 5.82 Å². The van der Waals surface area contributed by atoms with E-state index in [0.717, 1.165) is 37.3 Å². The maximum Gasteiger partial charge on any atom is 0.321 e. The van der Waals surface area contributed by atoms with Gasteiger partial charge in [0.1, 0.15) is 0 Å². The average Bonchev–Trinajstić information content (AvgIpc) is 3.19. The molecule has 30 heavy (non-hydrogen) atoms. The van der Waals surface area contributed by atoms with E-state index in [1.165, 1.54) is 13.5 Å². The Balaban J connectivity index is 1.48. The van der Waals surface area contributed by atoms with Crippen molar-refractivity contribution in [2.24, 2.45) is 0 Å². The van der Waals surface area contributed by atoms with Crippen LogP contribution in [-0.4, -0.2) is 50.8 Å². The number of benzene rings is 1. The second kappa shape index (κ2) is 8.89. The predicted octanol–water partition coefficient (Wildman–Crippen LogP) is 2.29. The number of carbonyl (C=O) groups is 1. The molecular weight excluding hydrogens is 382 g/mol. The van der Waals surface area contributed by atoms with Crippen molar-refractivity contribution < 1.29 is 9.53 Å². The monoisotopic (exact) mass is 407 g/mol. The summed E-state index contributed by atoms with van der Waals surface area (Å²) in [5.41, 5.74) is 2.18. The van der Waals surface area contributed by atoms with Crippen molar-refractivity contribution in [2.45, 2.75) is 32.7 Å². The molecule has 1 fully saturated rings. The highest BCUT2D eigenvalue weighted by Crippen LogP contribution is 2.18. The molecule has 3 aromatic rings. The average molecular weight is 407 g/mol. The third-order valence-corrected chi connectivity index (χ3v) is 5.13. The van der Waals surface area contributed by atoms with Gasteiger partial charge in [-0.2, -0.15) is 20.1 Å². The molecule has 9 heteroatoms. The van der Waals surface area contributed by atoms with E-state index in [-0.39, 0.29) is 18.5 Å². The Kier molecular flexibility index (Phi) is 5.87. The number of aromatic nitrogens is 5. The van der Waals surface area contributed by atoms with E-state index in [1.807, 2.05) is 37.3 Å². The zero-order valence-corrected chi connectivity index (χ0v) is 17.2. The van der Waals surface area contributed by atoms with Gasteiger partial charge in [0.25, 0.3) is 5.91 Å². The van der Waals surface area contributed by atoms with Gasteiger partial charge < -0.3 is 15.0 Å². The summed E-state index contributed by atoms with van der Waals surface area (Å²) in [5, 5.41) is 7.24. The van der Waals surface area contributed by atoms with Crippen LogP contribution in [0.3, 0.4) is 0 Å². The van der Waals surface area contributed by atoms with E-state index in [2.05, 4.69) is 30.3 Å². The predicted molar refractivity (Wildman–Crippen MR) is 112 cm³/mol. The van der Waals surface area contributed by atoms with Crippen LogP contribution in [0.1, 0.15) is 41.1 Å². The number of hydrogen-bond acceptors (Lipinski definition) is 7. The third-order valence-electron chi connectivity index (χ3n) is 5.13. The maximum absolute atomic E-state index is 12.7. The van der Waals surface area contributed by atoms with E-state index in [4.69, 9.17) is 4.74 Å². The maximum atomic E-state index is 12.7. The summed E-state index contributed by atoms with van der Waals surface area (Å²) in [5.74, 6) is 0.830. The van der Waals surface area contributed by atoms with E-state index in [1.54, 1.807) is 10.9 Å². The van der Waals surface area contributed by atoms with E-state index >= 15 is 0 Å². The smallest absolute Gasteiger partial charge is 0.321 e. The van der Waals surface area contributed by atoms with Crippen molar-refractivity contribution in [3.8, 4) is 11.7 Å². The van der Waals surface area contributed by atoms with Gasteiger partial charge in [0.2, 0.25) is 5.95 Å². The zero-order valence-electron chi connectivity index (χ0n) is 17.2. The lowest BCUT2D eigenvalue weighted by atomic mass is 10.1. The first-order valence-electron chi connectivity index (χ1n) is 10.1. The number of ether oxygens (including phenoxy) is 1. The molecule has 0 spiro atoms. The van der Waals surface area contributed by atoms with Crippen LogP contribution in [0.15, 0.2) is 36.5 Å². The molecule has 1 aromatic carbocycles. The summed E-state index contributed by atoms with van der Waals surface area (Å²) in [6.07, 6.45) is 5.03. The molecule has 0 radical (unpaired) electrons. The molecule has 1 saturated heterocycles. The highest BCUT2D eigenvalue weighted by Gasteiger charge is 2.18. The van der Waals surface area contributed by atoms with Gasteiger partial charge in [-0.25, -0.2) is 4.68 Å². The summed E-state index contributed by atoms with van der Waals surface area (Å²) < 4.78 is 6.98. The summed E-state index contributed by atoms with van der Waals surface area (Å²) in [6.45, 7) is 3.87. The molecule has 1 aliphatic rings. The number of para-hydroxylation sites is 1. The molecule has 1 N–H and O–H groups in total. The van der Waals surface area contributed by atoms with Crippen LogP contribution in [0.25, 0.3) is 5.69 Å². The number of hydrogen-bond donors (Lipinski definition) is 1. The standard InChI is InChI=1S/C21H25N7O2/c1-15-17(13-23-28(15)16-9-5-3-6-10-16)19(29)22-14-18-24-20(26-21(25-18)30-2)27-11-7-4-8-12-27/h3,5-6,9-10,13H,4,7-8,11-12,14H2,1-2H3,(H,22,29). The van der Waals surface area contributed by atoms with Crippen molar-refractivity contribution in [3.63, 3.8) is 0 Å². The van der Waals surface area contributed by atoms with Gasteiger partial charge in [-0.3, -0.25) is 4.79 Å². The number of anilines is 1. The van der Waals surface area contributed by atoms with Gasteiger partial charge in [0.05, 0.1) is 36.8 Å². The Morgan fingerprint density at radius 1 is 1.10 bits per heavy atom. The molecule has 9 nitrogen and oxygen atoms in total. The number of methoxy groups -OCH3 is 1. The number of nitrogens with zero attached hydrogens (tertiary/aromatic N) is 6. The second-order valence-electron chi connectivity index (χ2n) is 7.16. The molecule has 0 saturated carbocycles. The lowest BCUT2D eigenvalue weighted by molar-refractivity contribution is 0.0949. The fourth-order valence-corrected chi connectivity index (χ4v) is 3.51. The first kappa shape index (κ1) is 19.8. The van der Waals surface area contributed by atoms with E-state index < -0.39 is 0 Å². The minimum absolute atomic E-state index is 0.175. The van der Waals surface area contributed by atoms with Gasteiger partial charge >= 0.3 is 6.01 Å². The Morgan fingerprint density at radius 2 is 1.87 bits per heavy atom. The van der Waals surface area contributed by atoms with Crippen LogP contribution in [0.4, 0.5) is 5.95 Å². The molecule has 0 atom stereocenters. The Hall–Kier alpha value is -3.49. The van der Waals surface area contributed by atoms with Gasteiger partial charge in [-0.05, 0) is 38.3 Å². The Labute approximate surface area is 175 Å². The minimum Gasteiger partial charge on any atom is -0.467 e. The molecule has 2 aromatic heterocycles. The van der Waals surface area contributed by atoms with Crippen molar-refractivity contribution in [1.29, 1.82) is 0 Å². The number of nitrogens with one attached hydrogen (secondary N) is 1. The highest BCUT2D eigenvalue weighted by atomic mass is 16.5. The number of carbonyl (C=O) groups excluding carboxylic acids is 1. The van der Waals surface area contributed by atoms with Gasteiger partial charge in [0, 0.05) is 13.1 Å². The number of piperidine rings is 1. The van der Waals surface area contributed by atoms with Crippen LogP contribution >= 0.6 is 0 Å². The van der Waals surface area contributed by atoms with Crippen molar-refractivity contribution in [1.82, 2.24) is 30.0 Å². The van der Waals surface area contributed by atoms with Crippen LogP contribution in [0, 0.1) is 6.92 Å². The molecule has 156 valence electrons. The van der Waals surface area contributed by atoms with Crippen LogP contribution in [0.5, 0.6) is 6.01 Å². The van der Waals surface area contributed by atoms with Crippen LogP contribution in [-0.2, 0) is 6.54 Å². The van der Waals surface area contributed by atoms with E-state index in [9.17, 15) is 4.79 Å². The van der Waals surface area contributed by atoms with Crippen LogP contribution in [0.2, 0.25) is 0 Å². The molecule has 1 amide bonds. The Bertz CT molecular complexity index is 1010. The van der Waals surface area contributed by atoms with Crippen LogP contribution < -0.4 is 15.0 Å². The third kappa shape index (κ3) is 4.24. The first-order valence-corrected chi connectivity index (χ1v) is 10.1. The molecular formula is C21H25N7O2. The summed E-state index contributed by atoms with van der Waals surface area (Å²) in [7, 11) is 1.53. The second-order valence-corrected chi connectivity index (χ2v) is 7.16. The number of rotatable bonds is 6. The zero-order chi connectivity index (χ0) is 20.9. The summed E-state index contributed by atoms with van der Waals surface area (Å²) in [4.78, 5) is 28.1. The largest absolute Gasteiger partial charge is 0.467 e. The summed E-state index contributed by atoms with van der Waals surface area (Å²) >= 11 is 0. The molecule has 4 rings (SSSR count). The summed E-state index contributed by atoms with van der Waals surface area (Å²) in [6, 6.07) is 9.95. The highest BCUT2D eigenvalue weighted by molar-refractivity contribution is 5.95.